The van der Waals surface area contributed by atoms with E-state index in [4.69, 9.17) is 4.74 Å². The van der Waals surface area contributed by atoms with Crippen LogP contribution in [-0.2, 0) is 22.4 Å². The summed E-state index contributed by atoms with van der Waals surface area (Å²) in [6.45, 7) is 5.41. The van der Waals surface area contributed by atoms with Crippen LogP contribution in [0.5, 0.6) is 0 Å². The number of esters is 1. The van der Waals surface area contributed by atoms with Crippen LogP contribution in [0.2, 0.25) is 0 Å². The van der Waals surface area contributed by atoms with E-state index >= 15 is 0 Å². The van der Waals surface area contributed by atoms with Gasteiger partial charge in [-0.15, -0.1) is 11.3 Å². The van der Waals surface area contributed by atoms with Crippen LogP contribution in [-0.4, -0.2) is 18.0 Å². The lowest BCUT2D eigenvalue weighted by molar-refractivity contribution is -0.123. The monoisotopic (exact) mass is 343 g/mol. The fourth-order valence-corrected chi connectivity index (χ4v) is 3.92. The first-order valence-corrected chi connectivity index (χ1v) is 8.96. The summed E-state index contributed by atoms with van der Waals surface area (Å²) in [6, 6.07) is 7.78. The molecule has 3 rings (SSSR count). The van der Waals surface area contributed by atoms with E-state index in [1.165, 1.54) is 17.5 Å². The van der Waals surface area contributed by atoms with Crippen molar-refractivity contribution in [2.75, 3.05) is 5.32 Å². The Labute approximate surface area is 145 Å². The molecule has 5 heteroatoms. The van der Waals surface area contributed by atoms with Crippen LogP contribution < -0.4 is 5.32 Å². The fourth-order valence-electron chi connectivity index (χ4n) is 3.00. The summed E-state index contributed by atoms with van der Waals surface area (Å²) in [7, 11) is 0. The number of hydrogen-bond donors (Lipinski definition) is 1. The third-order valence-electron chi connectivity index (χ3n) is 4.28. The van der Waals surface area contributed by atoms with Crippen LogP contribution in [0, 0.1) is 13.8 Å². The Kier molecular flexibility index (Phi) is 4.71. The van der Waals surface area contributed by atoms with Crippen molar-refractivity contribution in [3.63, 3.8) is 0 Å². The number of thiophene rings is 1. The van der Waals surface area contributed by atoms with E-state index in [0.29, 0.717) is 5.56 Å². The minimum absolute atomic E-state index is 0.314. The number of carbonyl (C=O) groups excluding carboxylic acids is 2. The molecule has 0 saturated heterocycles. The summed E-state index contributed by atoms with van der Waals surface area (Å²) in [4.78, 5) is 26.4. The molecule has 2 aromatic rings. The van der Waals surface area contributed by atoms with Gasteiger partial charge in [0.05, 0.1) is 5.56 Å². The highest BCUT2D eigenvalue weighted by Crippen LogP contribution is 2.25. The van der Waals surface area contributed by atoms with E-state index < -0.39 is 12.1 Å². The maximum atomic E-state index is 12.3. The summed E-state index contributed by atoms with van der Waals surface area (Å²) in [5, 5.41) is 2.83. The van der Waals surface area contributed by atoms with Crippen molar-refractivity contribution in [3.05, 3.63) is 50.7 Å². The van der Waals surface area contributed by atoms with E-state index in [9.17, 15) is 9.59 Å². The highest BCUT2D eigenvalue weighted by Gasteiger charge is 2.21. The summed E-state index contributed by atoms with van der Waals surface area (Å²) in [5.41, 5.74) is 3.94. The van der Waals surface area contributed by atoms with Crippen molar-refractivity contribution in [3.8, 4) is 0 Å². The molecule has 0 bridgehead atoms. The molecule has 1 atom stereocenters. The van der Waals surface area contributed by atoms with Gasteiger partial charge in [-0.3, -0.25) is 4.79 Å². The number of carbonyl (C=O) groups is 2. The van der Waals surface area contributed by atoms with Gasteiger partial charge >= 0.3 is 5.97 Å². The van der Waals surface area contributed by atoms with Crippen molar-refractivity contribution >= 4 is 28.9 Å². The van der Waals surface area contributed by atoms with E-state index in [2.05, 4.69) is 11.4 Å². The van der Waals surface area contributed by atoms with Crippen molar-refractivity contribution in [1.29, 1.82) is 0 Å². The standard InChI is InChI=1S/C19H21NO3S/c1-11-9-17(13(3)24-11)19(22)23-12(2)18(21)20-16-8-7-14-5-4-6-15(14)10-16/h7-10,12H,4-6H2,1-3H3,(H,20,21)/t12-/m0/s1. The summed E-state index contributed by atoms with van der Waals surface area (Å²) >= 11 is 1.55. The number of aryl methyl sites for hydroxylation is 4. The minimum atomic E-state index is -0.842. The van der Waals surface area contributed by atoms with Crippen LogP contribution in [0.25, 0.3) is 0 Å². The lowest BCUT2D eigenvalue weighted by Crippen LogP contribution is -2.30. The molecule has 0 spiro atoms. The van der Waals surface area contributed by atoms with Gasteiger partial charge in [0.25, 0.3) is 5.91 Å². The molecule has 24 heavy (non-hydrogen) atoms. The Morgan fingerprint density at radius 3 is 2.62 bits per heavy atom. The topological polar surface area (TPSA) is 55.4 Å². The SMILES string of the molecule is Cc1cc(C(=O)O[C@@H](C)C(=O)Nc2ccc3c(c2)CCC3)c(C)s1. The van der Waals surface area contributed by atoms with Crippen molar-refractivity contribution in [1.82, 2.24) is 0 Å². The molecule has 4 nitrogen and oxygen atoms in total. The number of fused-ring (bicyclic) bond motifs is 1. The molecule has 1 aliphatic carbocycles. The van der Waals surface area contributed by atoms with Crippen molar-refractivity contribution in [2.24, 2.45) is 0 Å². The second-order valence-corrected chi connectivity index (χ2v) is 7.66. The summed E-state index contributed by atoms with van der Waals surface area (Å²) < 4.78 is 5.31. The quantitative estimate of drug-likeness (QED) is 0.853. The van der Waals surface area contributed by atoms with Gasteiger partial charge in [0.2, 0.25) is 0 Å². The van der Waals surface area contributed by atoms with Gasteiger partial charge in [0.15, 0.2) is 6.10 Å². The van der Waals surface area contributed by atoms with Crippen LogP contribution in [0.1, 0.15) is 44.6 Å². The molecule has 0 fully saturated rings. The zero-order valence-corrected chi connectivity index (χ0v) is 15.0. The Hall–Kier alpha value is -2.14. The molecular weight excluding hydrogens is 322 g/mol. The average Bonchev–Trinajstić information content (AvgIpc) is 3.12. The van der Waals surface area contributed by atoms with Gasteiger partial charge in [0.1, 0.15) is 0 Å². The van der Waals surface area contributed by atoms with Gasteiger partial charge in [-0.25, -0.2) is 4.79 Å². The normalized spacial score (nSPS) is 14.1. The van der Waals surface area contributed by atoms with Crippen molar-refractivity contribution < 1.29 is 14.3 Å². The number of amides is 1. The van der Waals surface area contributed by atoms with Crippen LogP contribution >= 0.6 is 11.3 Å². The number of benzene rings is 1. The van der Waals surface area contributed by atoms with E-state index in [0.717, 1.165) is 28.3 Å². The van der Waals surface area contributed by atoms with E-state index in [1.807, 2.05) is 26.0 Å². The number of ether oxygens (including phenoxy) is 1. The molecule has 1 N–H and O–H groups in total. The van der Waals surface area contributed by atoms with Gasteiger partial charge in [-0.1, -0.05) is 6.07 Å². The Morgan fingerprint density at radius 1 is 1.17 bits per heavy atom. The fraction of sp³-hybridized carbons (Fsp3) is 0.368. The average molecular weight is 343 g/mol. The molecule has 1 aromatic heterocycles. The number of rotatable bonds is 4. The second kappa shape index (κ2) is 6.77. The maximum absolute atomic E-state index is 12.3. The second-order valence-electron chi connectivity index (χ2n) is 6.20. The Balaban J connectivity index is 1.62. The predicted molar refractivity (Wildman–Crippen MR) is 95.8 cm³/mol. The van der Waals surface area contributed by atoms with Crippen LogP contribution in [0.4, 0.5) is 5.69 Å². The van der Waals surface area contributed by atoms with Crippen LogP contribution in [0.15, 0.2) is 24.3 Å². The molecule has 0 radical (unpaired) electrons. The molecule has 0 aliphatic heterocycles. The maximum Gasteiger partial charge on any atom is 0.340 e. The number of nitrogens with one attached hydrogen (secondary N) is 1. The molecule has 1 aliphatic rings. The molecule has 0 unspecified atom stereocenters. The molecule has 0 saturated carbocycles. The summed E-state index contributed by atoms with van der Waals surface area (Å²) in [5.74, 6) is -0.764. The van der Waals surface area contributed by atoms with Gasteiger partial charge in [-0.2, -0.15) is 0 Å². The summed E-state index contributed by atoms with van der Waals surface area (Å²) in [6.07, 6.45) is 2.49. The van der Waals surface area contributed by atoms with Crippen molar-refractivity contribution in [2.45, 2.75) is 46.1 Å². The van der Waals surface area contributed by atoms with Crippen LogP contribution in [0.3, 0.4) is 0 Å². The predicted octanol–water partition coefficient (Wildman–Crippen LogP) is 4.04. The first kappa shape index (κ1) is 16.7. The molecule has 1 heterocycles. The Morgan fingerprint density at radius 2 is 1.92 bits per heavy atom. The molecule has 1 amide bonds. The Bertz CT molecular complexity index is 794. The first-order chi connectivity index (χ1) is 11.4. The number of hydrogen-bond acceptors (Lipinski definition) is 4. The smallest absolute Gasteiger partial charge is 0.340 e. The first-order valence-electron chi connectivity index (χ1n) is 8.14. The zero-order chi connectivity index (χ0) is 17.3. The third kappa shape index (κ3) is 3.51. The largest absolute Gasteiger partial charge is 0.449 e. The number of anilines is 1. The highest BCUT2D eigenvalue weighted by atomic mass is 32.1. The molecule has 1 aromatic carbocycles. The zero-order valence-electron chi connectivity index (χ0n) is 14.1. The highest BCUT2D eigenvalue weighted by molar-refractivity contribution is 7.12. The molecular formula is C19H21NO3S. The lowest BCUT2D eigenvalue weighted by atomic mass is 10.1. The minimum Gasteiger partial charge on any atom is -0.449 e. The van der Waals surface area contributed by atoms with Gasteiger partial charge < -0.3 is 10.1 Å². The molecule has 126 valence electrons. The third-order valence-corrected chi connectivity index (χ3v) is 5.25. The van der Waals surface area contributed by atoms with Gasteiger partial charge in [-0.05, 0) is 69.4 Å². The van der Waals surface area contributed by atoms with E-state index in [1.54, 1.807) is 24.3 Å². The lowest BCUT2D eigenvalue weighted by Gasteiger charge is -2.14. The van der Waals surface area contributed by atoms with E-state index in [-0.39, 0.29) is 5.91 Å². The van der Waals surface area contributed by atoms with Gasteiger partial charge in [0, 0.05) is 15.4 Å².